The third-order valence-electron chi connectivity index (χ3n) is 14.1. The smallest absolute Gasteiger partial charge is 0.420 e. The molecule has 3 atom stereocenters. The van der Waals surface area contributed by atoms with E-state index in [1.165, 1.54) is 125 Å². The molecule has 6 aromatic heterocycles. The Hall–Kier alpha value is -7.92. The molecule has 3 aliphatic carbocycles. The van der Waals surface area contributed by atoms with E-state index in [1.807, 2.05) is 0 Å². The van der Waals surface area contributed by atoms with Crippen LogP contribution in [0.5, 0.6) is 17.2 Å². The third kappa shape index (κ3) is 13.3. The predicted octanol–water partition coefficient (Wildman–Crippen LogP) is 14.9. The zero-order valence-electron chi connectivity index (χ0n) is 43.5. The second-order valence-electron chi connectivity index (χ2n) is 20.4. The molecule has 6 heterocycles. The Morgan fingerprint density at radius 1 is 0.383 bits per heavy atom. The summed E-state index contributed by atoms with van der Waals surface area (Å²) in [6.07, 6.45) is -3.56. The van der Waals surface area contributed by atoms with Crippen molar-refractivity contribution in [3.8, 4) is 17.2 Å². The molecule has 426 valence electrons. The number of nitrogens with zero attached hydrogens (tertiary/aromatic N) is 9. The van der Waals surface area contributed by atoms with Crippen molar-refractivity contribution in [1.29, 1.82) is 0 Å². The van der Waals surface area contributed by atoms with Crippen LogP contribution in [0.2, 0.25) is 0 Å². The monoisotopic (exact) mass is 1140 g/mol. The number of pyridine rings is 3. The van der Waals surface area contributed by atoms with Gasteiger partial charge in [0.2, 0.25) is 0 Å². The van der Waals surface area contributed by atoms with Crippen LogP contribution in [-0.4, -0.2) is 43.8 Å². The van der Waals surface area contributed by atoms with Crippen molar-refractivity contribution in [2.45, 2.75) is 115 Å². The molecule has 0 saturated heterocycles. The number of hydrogen-bond donors (Lipinski definition) is 0. The lowest BCUT2D eigenvalue weighted by Gasteiger charge is -2.20. The van der Waals surface area contributed by atoms with Crippen LogP contribution in [0, 0.1) is 35.2 Å². The minimum absolute atomic E-state index is 0.0373. The average molecular weight is 1140 g/mol. The lowest BCUT2D eigenvalue weighted by Crippen LogP contribution is -2.16. The molecule has 3 fully saturated rings. The van der Waals surface area contributed by atoms with E-state index in [0.29, 0.717) is 54.5 Å². The first-order valence-corrected chi connectivity index (χ1v) is 26.1. The van der Waals surface area contributed by atoms with Gasteiger partial charge < -0.3 is 14.2 Å². The quantitative estimate of drug-likeness (QED) is 0.0925. The van der Waals surface area contributed by atoms with Gasteiger partial charge >= 0.3 is 18.5 Å². The Labute approximate surface area is 454 Å². The van der Waals surface area contributed by atoms with Crippen molar-refractivity contribution in [2.75, 3.05) is 0 Å². The Morgan fingerprint density at radius 2 is 0.617 bits per heavy atom. The van der Waals surface area contributed by atoms with Crippen LogP contribution in [0.25, 0.3) is 16.9 Å². The van der Waals surface area contributed by atoms with Crippen LogP contribution in [0.3, 0.4) is 0 Å². The van der Waals surface area contributed by atoms with E-state index in [4.69, 9.17) is 14.2 Å². The number of hydrogen-bond acceptors (Lipinski definition) is 9. The van der Waals surface area contributed by atoms with Gasteiger partial charge in [0.15, 0.2) is 16.9 Å². The van der Waals surface area contributed by atoms with Crippen molar-refractivity contribution >= 4 is 16.9 Å². The van der Waals surface area contributed by atoms with Crippen molar-refractivity contribution in [1.82, 2.24) is 43.8 Å². The van der Waals surface area contributed by atoms with E-state index in [9.17, 15) is 52.7 Å². The molecule has 0 spiro atoms. The second-order valence-corrected chi connectivity index (χ2v) is 20.4. The molecule has 12 nitrogen and oxygen atoms in total. The van der Waals surface area contributed by atoms with Gasteiger partial charge in [-0.1, -0.05) is 0 Å². The van der Waals surface area contributed by atoms with Gasteiger partial charge in [-0.15, -0.1) is 30.6 Å². The van der Waals surface area contributed by atoms with Gasteiger partial charge in [0, 0.05) is 54.5 Å². The lowest BCUT2D eigenvalue weighted by molar-refractivity contribution is -0.138. The first-order chi connectivity index (χ1) is 38.5. The van der Waals surface area contributed by atoms with E-state index in [2.05, 4.69) is 30.6 Å². The lowest BCUT2D eigenvalue weighted by atomic mass is 10.0. The zero-order valence-corrected chi connectivity index (χ0v) is 43.5. The normalized spacial score (nSPS) is 15.9. The first kappa shape index (κ1) is 56.4. The fraction of sp³-hybridized carbons (Fsp3) is 0.368. The molecule has 24 heteroatoms. The first-order valence-electron chi connectivity index (χ1n) is 26.1. The van der Waals surface area contributed by atoms with Gasteiger partial charge in [-0.05, 0) is 168 Å². The summed E-state index contributed by atoms with van der Waals surface area (Å²) in [4.78, 5) is 0. The van der Waals surface area contributed by atoms with Crippen molar-refractivity contribution in [3.05, 3.63) is 178 Å². The SMILES string of the molecule is CC(Oc1ccc(F)cc1)c1ccn2c(CC3CC3)nnc2c1C(F)(F)F.CC(Oc1ccc(F)cc1)c1ccn2c(CC3CC3)nnc2c1C(F)(F)F.CC(Oc1ccc(F)cc1)c1ccn2c(CC3CC3)nnc2c1C(F)(F)F. The fourth-order valence-electron chi connectivity index (χ4n) is 9.44. The molecule has 0 bridgehead atoms. The molecule has 3 saturated carbocycles. The number of alkyl halides is 9. The molecule has 0 radical (unpaired) electrons. The van der Waals surface area contributed by atoms with E-state index in [-0.39, 0.29) is 50.9 Å². The highest BCUT2D eigenvalue weighted by molar-refractivity contribution is 5.57. The molecule has 9 aromatic rings. The van der Waals surface area contributed by atoms with E-state index in [1.54, 1.807) is 18.6 Å². The van der Waals surface area contributed by atoms with Crippen LogP contribution in [0.15, 0.2) is 110 Å². The predicted molar refractivity (Wildman–Crippen MR) is 270 cm³/mol. The van der Waals surface area contributed by atoms with Crippen LogP contribution < -0.4 is 14.2 Å². The maximum atomic E-state index is 13.8. The molecule has 12 rings (SSSR count). The summed E-state index contributed by atoms with van der Waals surface area (Å²) in [6.45, 7) is 4.56. The van der Waals surface area contributed by atoms with Crippen LogP contribution >= 0.6 is 0 Å². The zero-order chi connectivity index (χ0) is 57.5. The number of ether oxygens (including phenoxy) is 3. The summed E-state index contributed by atoms with van der Waals surface area (Å²) < 4.78 is 185. The van der Waals surface area contributed by atoms with Gasteiger partial charge in [0.1, 0.15) is 87.2 Å². The van der Waals surface area contributed by atoms with Gasteiger partial charge in [-0.3, -0.25) is 13.2 Å². The maximum absolute atomic E-state index is 13.8. The van der Waals surface area contributed by atoms with Gasteiger partial charge in [-0.2, -0.15) is 39.5 Å². The molecule has 81 heavy (non-hydrogen) atoms. The minimum atomic E-state index is -4.61. The van der Waals surface area contributed by atoms with Gasteiger partial charge in [-0.25, -0.2) is 13.2 Å². The molecule has 0 N–H and O–H groups in total. The second kappa shape index (κ2) is 22.6. The van der Waals surface area contributed by atoms with Crippen LogP contribution in [0.1, 0.15) is 128 Å². The number of aromatic nitrogens is 9. The summed E-state index contributed by atoms with van der Waals surface area (Å²) in [5.74, 6) is 2.57. The highest BCUT2D eigenvalue weighted by atomic mass is 19.4. The summed E-state index contributed by atoms with van der Waals surface area (Å²) in [6, 6.07) is 19.6. The van der Waals surface area contributed by atoms with Crippen molar-refractivity contribution < 1.29 is 66.9 Å². The number of rotatable bonds is 15. The molecule has 3 aromatic carbocycles. The minimum Gasteiger partial charge on any atom is -0.486 e. The van der Waals surface area contributed by atoms with Crippen LogP contribution in [0.4, 0.5) is 52.7 Å². The topological polar surface area (TPSA) is 118 Å². The van der Waals surface area contributed by atoms with Crippen molar-refractivity contribution in [2.24, 2.45) is 17.8 Å². The van der Waals surface area contributed by atoms with E-state index in [0.717, 1.165) is 38.5 Å². The highest BCUT2D eigenvalue weighted by Gasteiger charge is 2.42. The highest BCUT2D eigenvalue weighted by Crippen LogP contribution is 2.43. The largest absolute Gasteiger partial charge is 0.486 e. The third-order valence-corrected chi connectivity index (χ3v) is 14.1. The van der Waals surface area contributed by atoms with Crippen LogP contribution in [-0.2, 0) is 37.8 Å². The summed E-state index contributed by atoms with van der Waals surface area (Å²) >= 11 is 0. The molecule has 3 unspecified atom stereocenters. The summed E-state index contributed by atoms with van der Waals surface area (Å²) in [5, 5.41) is 23.4. The Morgan fingerprint density at radius 3 is 0.827 bits per heavy atom. The van der Waals surface area contributed by atoms with Gasteiger partial charge in [0.05, 0.1) is 0 Å². The summed E-state index contributed by atoms with van der Waals surface area (Å²) in [5.41, 5.74) is -3.32. The van der Waals surface area contributed by atoms with Crippen molar-refractivity contribution in [3.63, 3.8) is 0 Å². The number of fused-ring (bicyclic) bond motifs is 3. The molecule has 0 aliphatic heterocycles. The Balaban J connectivity index is 0.000000136. The van der Waals surface area contributed by atoms with E-state index >= 15 is 0 Å². The number of benzene rings is 3. The van der Waals surface area contributed by atoms with Gasteiger partial charge in [0.25, 0.3) is 0 Å². The number of halogens is 12. The molecular formula is C57H51F12N9O3. The summed E-state index contributed by atoms with van der Waals surface area (Å²) in [7, 11) is 0. The van der Waals surface area contributed by atoms with E-state index < -0.39 is 71.0 Å². The molecular weight excluding hydrogens is 1090 g/mol. The molecule has 3 aliphatic rings. The Bertz CT molecular complexity index is 3260. The fourth-order valence-corrected chi connectivity index (χ4v) is 9.44. The Kier molecular flexibility index (Phi) is 15.7. The molecule has 0 amide bonds. The average Bonchev–Trinajstić information content (AvgIpc) is 4.58. The standard InChI is InChI=1S/3C19H17F4N3O/c3*1-11(27-14-6-4-13(20)5-7-14)15-8-9-26-16(10-12-2-3-12)24-25-18(26)17(15)19(21,22)23/h3*4-9,11-12H,2-3,10H2,1H3. The maximum Gasteiger partial charge on any atom is 0.420 e.